The van der Waals surface area contributed by atoms with Crippen LogP contribution in [0.15, 0.2) is 58.6 Å². The van der Waals surface area contributed by atoms with E-state index < -0.39 is 0 Å². The van der Waals surface area contributed by atoms with Crippen LogP contribution in [0.3, 0.4) is 0 Å². The number of nitrogens with zero attached hydrogens (tertiary/aromatic N) is 2. The summed E-state index contributed by atoms with van der Waals surface area (Å²) >= 11 is 7.64. The van der Waals surface area contributed by atoms with Crippen molar-refractivity contribution in [3.63, 3.8) is 0 Å². The molecule has 2 aliphatic heterocycles. The summed E-state index contributed by atoms with van der Waals surface area (Å²) in [5, 5.41) is 8.01. The number of hydrogen-bond acceptors (Lipinski definition) is 4. The lowest BCUT2D eigenvalue weighted by atomic mass is 9.85. The van der Waals surface area contributed by atoms with Gasteiger partial charge < -0.3 is 15.1 Å². The van der Waals surface area contributed by atoms with E-state index in [9.17, 15) is 4.79 Å². The molecule has 0 unspecified atom stereocenters. The zero-order valence-electron chi connectivity index (χ0n) is 15.7. The average Bonchev–Trinajstić information content (AvgIpc) is 3.13. The molecule has 1 saturated heterocycles. The van der Waals surface area contributed by atoms with Crippen molar-refractivity contribution < 1.29 is 9.63 Å². The van der Waals surface area contributed by atoms with E-state index in [0.717, 1.165) is 36.2 Å². The first-order chi connectivity index (χ1) is 13.6. The third kappa shape index (κ3) is 4.13. The lowest BCUT2D eigenvalue weighted by molar-refractivity contribution is -0.0544. The molecule has 2 aliphatic rings. The van der Waals surface area contributed by atoms with E-state index in [1.165, 1.54) is 4.90 Å². The maximum Gasteiger partial charge on any atom is 0.321 e. The molecule has 0 saturated carbocycles. The Morgan fingerprint density at radius 3 is 2.46 bits per heavy atom. The van der Waals surface area contributed by atoms with Crippen molar-refractivity contribution in [3.8, 4) is 0 Å². The molecule has 146 valence electrons. The third-order valence-corrected chi connectivity index (χ3v) is 6.32. The summed E-state index contributed by atoms with van der Waals surface area (Å²) in [5.74, 6) is 0. The van der Waals surface area contributed by atoms with Crippen LogP contribution in [-0.2, 0) is 4.84 Å². The van der Waals surface area contributed by atoms with Crippen LogP contribution in [-0.4, -0.2) is 41.6 Å². The average molecular weight is 416 g/mol. The van der Waals surface area contributed by atoms with Gasteiger partial charge in [0.1, 0.15) is 5.60 Å². The van der Waals surface area contributed by atoms with Crippen molar-refractivity contribution in [1.82, 2.24) is 4.90 Å². The highest BCUT2D eigenvalue weighted by molar-refractivity contribution is 7.98. The number of nitrogens with one attached hydrogen (secondary N) is 1. The van der Waals surface area contributed by atoms with Gasteiger partial charge in [-0.05, 0) is 48.2 Å². The number of carbonyl (C=O) groups is 1. The van der Waals surface area contributed by atoms with Gasteiger partial charge >= 0.3 is 6.03 Å². The first kappa shape index (κ1) is 19.2. The minimum absolute atomic E-state index is 0.0661. The molecule has 1 N–H and O–H groups in total. The number of thioether (sulfide) groups is 1. The quantitative estimate of drug-likeness (QED) is 0.696. The number of carbonyl (C=O) groups excluding carboxylic acids is 1. The van der Waals surface area contributed by atoms with Gasteiger partial charge in [0.05, 0.1) is 5.71 Å². The summed E-state index contributed by atoms with van der Waals surface area (Å²) in [5.41, 5.74) is 2.50. The van der Waals surface area contributed by atoms with Crippen LogP contribution in [0.25, 0.3) is 0 Å². The molecule has 0 atom stereocenters. The summed E-state index contributed by atoms with van der Waals surface area (Å²) in [7, 11) is 0. The highest BCUT2D eigenvalue weighted by atomic mass is 35.5. The number of oxime groups is 1. The molecular formula is C21H22ClN3O2S. The largest absolute Gasteiger partial charge is 0.388 e. The van der Waals surface area contributed by atoms with Gasteiger partial charge in [-0.25, -0.2) is 4.79 Å². The molecule has 1 spiro atoms. The van der Waals surface area contributed by atoms with Crippen LogP contribution >= 0.6 is 23.4 Å². The fourth-order valence-electron chi connectivity index (χ4n) is 3.58. The molecule has 7 heteroatoms. The van der Waals surface area contributed by atoms with Gasteiger partial charge in [0.15, 0.2) is 0 Å². The molecule has 0 bridgehead atoms. The first-order valence-corrected chi connectivity index (χ1v) is 10.9. The number of anilines is 1. The Kier molecular flexibility index (Phi) is 5.51. The van der Waals surface area contributed by atoms with Gasteiger partial charge in [0, 0.05) is 48.0 Å². The number of likely N-dealkylation sites (tertiary alicyclic amines) is 1. The molecular weight excluding hydrogens is 394 g/mol. The number of urea groups is 1. The maximum atomic E-state index is 12.6. The number of benzene rings is 2. The highest BCUT2D eigenvalue weighted by Gasteiger charge is 2.43. The van der Waals surface area contributed by atoms with Gasteiger partial charge in [-0.1, -0.05) is 28.9 Å². The van der Waals surface area contributed by atoms with E-state index in [1.807, 2.05) is 59.7 Å². The zero-order chi connectivity index (χ0) is 19.6. The smallest absolute Gasteiger partial charge is 0.321 e. The molecule has 2 aromatic carbocycles. The minimum atomic E-state index is -0.300. The van der Waals surface area contributed by atoms with Crippen LogP contribution in [0, 0.1) is 0 Å². The second-order valence-electron chi connectivity index (χ2n) is 7.14. The van der Waals surface area contributed by atoms with E-state index in [0.29, 0.717) is 18.1 Å². The molecule has 2 aromatic rings. The Morgan fingerprint density at radius 2 is 1.82 bits per heavy atom. The second-order valence-corrected chi connectivity index (χ2v) is 8.46. The van der Waals surface area contributed by atoms with Crippen molar-refractivity contribution in [2.24, 2.45) is 5.16 Å². The molecule has 4 rings (SSSR count). The Bertz CT molecular complexity index is 876. The Hall–Kier alpha value is -2.18. The van der Waals surface area contributed by atoms with Crippen molar-refractivity contribution in [3.05, 3.63) is 59.1 Å². The summed E-state index contributed by atoms with van der Waals surface area (Å²) in [4.78, 5) is 21.4. The maximum absolute atomic E-state index is 12.6. The molecule has 5 nitrogen and oxygen atoms in total. The molecule has 1 fully saturated rings. The normalized spacial score (nSPS) is 17.9. The minimum Gasteiger partial charge on any atom is -0.388 e. The van der Waals surface area contributed by atoms with Gasteiger partial charge in [-0.3, -0.25) is 0 Å². The highest BCUT2D eigenvalue weighted by Crippen LogP contribution is 2.36. The van der Waals surface area contributed by atoms with Gasteiger partial charge in [0.25, 0.3) is 0 Å². The summed E-state index contributed by atoms with van der Waals surface area (Å²) in [6, 6.07) is 15.5. The predicted molar refractivity (Wildman–Crippen MR) is 114 cm³/mol. The van der Waals surface area contributed by atoms with Crippen LogP contribution in [0.2, 0.25) is 5.02 Å². The number of halogens is 1. The monoisotopic (exact) mass is 415 g/mol. The van der Waals surface area contributed by atoms with Crippen molar-refractivity contribution in [1.29, 1.82) is 0 Å². The van der Waals surface area contributed by atoms with Crippen LogP contribution in [0.5, 0.6) is 0 Å². The second kappa shape index (κ2) is 8.05. The van der Waals surface area contributed by atoms with Crippen molar-refractivity contribution in [2.45, 2.75) is 29.8 Å². The molecule has 28 heavy (non-hydrogen) atoms. The summed E-state index contributed by atoms with van der Waals surface area (Å²) in [6.07, 6.45) is 4.34. The van der Waals surface area contributed by atoms with Gasteiger partial charge in [-0.15, -0.1) is 11.8 Å². The van der Waals surface area contributed by atoms with E-state index in [4.69, 9.17) is 16.4 Å². The van der Waals surface area contributed by atoms with Gasteiger partial charge in [0.2, 0.25) is 0 Å². The lowest BCUT2D eigenvalue weighted by Crippen LogP contribution is -2.48. The number of amides is 2. The third-order valence-electron chi connectivity index (χ3n) is 5.32. The van der Waals surface area contributed by atoms with Crippen molar-refractivity contribution in [2.75, 3.05) is 24.7 Å². The number of rotatable bonds is 3. The Labute approximate surface area is 174 Å². The van der Waals surface area contributed by atoms with Crippen LogP contribution in [0.1, 0.15) is 24.8 Å². The molecule has 0 aliphatic carbocycles. The first-order valence-electron chi connectivity index (χ1n) is 9.28. The molecule has 2 heterocycles. The Morgan fingerprint density at radius 1 is 1.14 bits per heavy atom. The predicted octanol–water partition coefficient (Wildman–Crippen LogP) is 5.25. The van der Waals surface area contributed by atoms with Crippen LogP contribution < -0.4 is 5.32 Å². The fourth-order valence-corrected chi connectivity index (χ4v) is 4.12. The molecule has 2 amide bonds. The Balaban J connectivity index is 1.32. The SMILES string of the molecule is CSc1ccc(NC(=O)N2CCC3(CC2)CC(c2ccc(Cl)cc2)=NO3)cc1. The van der Waals surface area contributed by atoms with E-state index >= 15 is 0 Å². The zero-order valence-corrected chi connectivity index (χ0v) is 17.2. The van der Waals surface area contributed by atoms with E-state index in [1.54, 1.807) is 11.8 Å². The van der Waals surface area contributed by atoms with Crippen molar-refractivity contribution >= 4 is 40.8 Å². The van der Waals surface area contributed by atoms with Crippen LogP contribution in [0.4, 0.5) is 10.5 Å². The molecule has 0 radical (unpaired) electrons. The fraction of sp³-hybridized carbons (Fsp3) is 0.333. The number of piperidine rings is 1. The molecule has 0 aromatic heterocycles. The van der Waals surface area contributed by atoms with E-state index in [-0.39, 0.29) is 11.6 Å². The summed E-state index contributed by atoms with van der Waals surface area (Å²) in [6.45, 7) is 1.30. The van der Waals surface area contributed by atoms with Gasteiger partial charge in [-0.2, -0.15) is 0 Å². The lowest BCUT2D eigenvalue weighted by Gasteiger charge is -2.37. The summed E-state index contributed by atoms with van der Waals surface area (Å²) < 4.78 is 0. The number of hydrogen-bond donors (Lipinski definition) is 1. The van der Waals surface area contributed by atoms with E-state index in [2.05, 4.69) is 10.5 Å². The topological polar surface area (TPSA) is 53.9 Å². The standard InChI is InChI=1S/C21H22ClN3O2S/c1-28-18-8-6-17(7-9-18)23-20(26)25-12-10-21(11-13-25)14-19(24-27-21)15-2-4-16(22)5-3-15/h2-9H,10-14H2,1H3,(H,23,26).